The molecule has 1 unspecified atom stereocenters. The van der Waals surface area contributed by atoms with E-state index in [1.165, 1.54) is 0 Å². The lowest BCUT2D eigenvalue weighted by atomic mass is 9.96. The van der Waals surface area contributed by atoms with Gasteiger partial charge in [0.25, 0.3) is 0 Å². The van der Waals surface area contributed by atoms with E-state index >= 15 is 0 Å². The highest BCUT2D eigenvalue weighted by Gasteiger charge is 2.26. The maximum absolute atomic E-state index is 11.4. The fourth-order valence-corrected chi connectivity index (χ4v) is 3.31. The zero-order valence-electron chi connectivity index (χ0n) is 12.4. The third-order valence-corrected chi connectivity index (χ3v) is 4.34. The summed E-state index contributed by atoms with van der Waals surface area (Å²) in [6.45, 7) is 4.50. The average molecular weight is 290 g/mol. The number of aromatic carboxylic acids is 1. The van der Waals surface area contributed by atoms with Crippen LogP contribution in [0.5, 0.6) is 0 Å². The molecule has 1 saturated heterocycles. The number of morpholine rings is 1. The van der Waals surface area contributed by atoms with Gasteiger partial charge in [-0.15, -0.1) is 0 Å². The van der Waals surface area contributed by atoms with Crippen molar-refractivity contribution in [1.29, 1.82) is 0 Å². The number of likely N-dealkylation sites (N-methyl/N-ethyl adjacent to an activating group) is 1. The number of nitrogens with zero attached hydrogens (tertiary/aromatic N) is 2. The van der Waals surface area contributed by atoms with Gasteiger partial charge in [-0.1, -0.05) is 6.07 Å². The van der Waals surface area contributed by atoms with Gasteiger partial charge in [0, 0.05) is 31.9 Å². The van der Waals surface area contributed by atoms with Gasteiger partial charge in [-0.3, -0.25) is 0 Å². The molecule has 5 heteroatoms. The van der Waals surface area contributed by atoms with Crippen LogP contribution in [-0.4, -0.2) is 61.9 Å². The van der Waals surface area contributed by atoms with Gasteiger partial charge >= 0.3 is 5.97 Å². The van der Waals surface area contributed by atoms with Gasteiger partial charge in [0.05, 0.1) is 18.3 Å². The molecule has 21 heavy (non-hydrogen) atoms. The topological polar surface area (TPSA) is 53.0 Å². The van der Waals surface area contributed by atoms with Crippen LogP contribution in [-0.2, 0) is 11.2 Å². The van der Waals surface area contributed by atoms with Crippen LogP contribution < -0.4 is 4.90 Å². The Kier molecular flexibility index (Phi) is 4.12. The molecule has 2 aliphatic rings. The molecule has 0 spiro atoms. The summed E-state index contributed by atoms with van der Waals surface area (Å²) in [5, 5.41) is 9.33. The minimum atomic E-state index is -0.831. The normalized spacial score (nSPS) is 22.9. The molecule has 0 saturated carbocycles. The van der Waals surface area contributed by atoms with Crippen molar-refractivity contribution in [1.82, 2.24) is 4.90 Å². The van der Waals surface area contributed by atoms with Crippen molar-refractivity contribution in [3.05, 3.63) is 29.3 Å². The predicted octanol–water partition coefficient (Wildman–Crippen LogP) is 1.47. The maximum atomic E-state index is 11.4. The number of anilines is 1. The number of hydrogen-bond donors (Lipinski definition) is 1. The first-order valence-electron chi connectivity index (χ1n) is 7.55. The second-order valence-corrected chi connectivity index (χ2v) is 5.91. The van der Waals surface area contributed by atoms with Gasteiger partial charge in [-0.05, 0) is 37.6 Å². The van der Waals surface area contributed by atoms with Crippen LogP contribution in [0, 0.1) is 0 Å². The van der Waals surface area contributed by atoms with Gasteiger partial charge in [0.15, 0.2) is 0 Å². The molecule has 0 aliphatic carbocycles. The number of carboxylic acid groups (broad SMARTS) is 1. The zero-order chi connectivity index (χ0) is 14.8. The van der Waals surface area contributed by atoms with E-state index < -0.39 is 5.97 Å². The highest BCUT2D eigenvalue weighted by molar-refractivity contribution is 5.91. The predicted molar refractivity (Wildman–Crippen MR) is 81.2 cm³/mol. The van der Waals surface area contributed by atoms with Gasteiger partial charge < -0.3 is 19.6 Å². The van der Waals surface area contributed by atoms with Crippen LogP contribution in [0.2, 0.25) is 0 Å². The smallest absolute Gasteiger partial charge is 0.336 e. The van der Waals surface area contributed by atoms with Crippen molar-refractivity contribution in [2.75, 3.05) is 44.7 Å². The second kappa shape index (κ2) is 6.03. The Balaban J connectivity index is 1.80. The quantitative estimate of drug-likeness (QED) is 0.913. The summed E-state index contributed by atoms with van der Waals surface area (Å²) in [4.78, 5) is 15.9. The lowest BCUT2D eigenvalue weighted by Gasteiger charge is -2.37. The number of rotatable bonds is 3. The van der Waals surface area contributed by atoms with Crippen LogP contribution in [0.15, 0.2) is 18.2 Å². The summed E-state index contributed by atoms with van der Waals surface area (Å²) in [5.41, 5.74) is 2.48. The molecule has 0 radical (unpaired) electrons. The van der Waals surface area contributed by atoms with Crippen LogP contribution in [0.4, 0.5) is 5.69 Å². The van der Waals surface area contributed by atoms with Crippen LogP contribution in [0.1, 0.15) is 22.3 Å². The summed E-state index contributed by atoms with van der Waals surface area (Å²) in [7, 11) is 2.11. The second-order valence-electron chi connectivity index (χ2n) is 5.91. The molecule has 114 valence electrons. The monoisotopic (exact) mass is 290 g/mol. The number of ether oxygens (including phenoxy) is 1. The maximum Gasteiger partial charge on any atom is 0.336 e. The Morgan fingerprint density at radius 3 is 3.05 bits per heavy atom. The van der Waals surface area contributed by atoms with Crippen molar-refractivity contribution < 1.29 is 14.6 Å². The fourth-order valence-electron chi connectivity index (χ4n) is 3.31. The first-order chi connectivity index (χ1) is 10.1. The van der Waals surface area contributed by atoms with Gasteiger partial charge in [0.1, 0.15) is 0 Å². The molecule has 0 bridgehead atoms. The number of benzene rings is 1. The molecule has 1 aromatic carbocycles. The minimum Gasteiger partial charge on any atom is -0.478 e. The molecule has 0 aromatic heterocycles. The fraction of sp³-hybridized carbons (Fsp3) is 0.562. The highest BCUT2D eigenvalue weighted by atomic mass is 16.5. The van der Waals surface area contributed by atoms with E-state index in [-0.39, 0.29) is 6.10 Å². The Morgan fingerprint density at radius 2 is 2.29 bits per heavy atom. The van der Waals surface area contributed by atoms with E-state index in [4.69, 9.17) is 4.74 Å². The largest absolute Gasteiger partial charge is 0.478 e. The molecule has 1 atom stereocenters. The third-order valence-electron chi connectivity index (χ3n) is 4.34. The van der Waals surface area contributed by atoms with Crippen LogP contribution in [0.3, 0.4) is 0 Å². The SMILES string of the molecule is CN1CCOC(CN2CCCc3c(C(=O)O)cccc32)C1. The number of fused-ring (bicyclic) bond motifs is 1. The summed E-state index contributed by atoms with van der Waals surface area (Å²) < 4.78 is 5.84. The van der Waals surface area contributed by atoms with Gasteiger partial charge in [0.2, 0.25) is 0 Å². The van der Waals surface area contributed by atoms with Crippen molar-refractivity contribution >= 4 is 11.7 Å². The molecule has 0 amide bonds. The van der Waals surface area contributed by atoms with Crippen molar-refractivity contribution in [3.8, 4) is 0 Å². The lowest BCUT2D eigenvalue weighted by Crippen LogP contribution is -2.47. The Bertz CT molecular complexity index is 532. The molecular weight excluding hydrogens is 268 g/mol. The summed E-state index contributed by atoms with van der Waals surface area (Å²) >= 11 is 0. The lowest BCUT2D eigenvalue weighted by molar-refractivity contribution is -0.0149. The summed E-state index contributed by atoms with van der Waals surface area (Å²) in [6.07, 6.45) is 2.04. The average Bonchev–Trinajstić information content (AvgIpc) is 2.47. The zero-order valence-corrected chi connectivity index (χ0v) is 12.4. The molecule has 1 fully saturated rings. The van der Waals surface area contributed by atoms with E-state index in [1.807, 2.05) is 12.1 Å². The van der Waals surface area contributed by atoms with E-state index in [1.54, 1.807) is 6.07 Å². The molecule has 3 rings (SSSR count). The number of carbonyl (C=O) groups is 1. The molecule has 1 aromatic rings. The van der Waals surface area contributed by atoms with Crippen molar-refractivity contribution in [2.24, 2.45) is 0 Å². The Morgan fingerprint density at radius 1 is 1.43 bits per heavy atom. The molecule has 1 N–H and O–H groups in total. The summed E-state index contributed by atoms with van der Waals surface area (Å²) in [5.74, 6) is -0.831. The highest BCUT2D eigenvalue weighted by Crippen LogP contribution is 2.30. The number of carboxylic acids is 1. The first kappa shape index (κ1) is 14.4. The summed E-state index contributed by atoms with van der Waals surface area (Å²) in [6, 6.07) is 5.58. The van der Waals surface area contributed by atoms with E-state index in [0.29, 0.717) is 5.56 Å². The Hall–Kier alpha value is -1.59. The molecular formula is C16H22N2O3. The van der Waals surface area contributed by atoms with Gasteiger partial charge in [-0.2, -0.15) is 0 Å². The van der Waals surface area contributed by atoms with Crippen LogP contribution >= 0.6 is 0 Å². The first-order valence-corrected chi connectivity index (χ1v) is 7.55. The van der Waals surface area contributed by atoms with Crippen molar-refractivity contribution in [3.63, 3.8) is 0 Å². The van der Waals surface area contributed by atoms with Gasteiger partial charge in [-0.25, -0.2) is 4.79 Å². The van der Waals surface area contributed by atoms with Crippen LogP contribution in [0.25, 0.3) is 0 Å². The van der Waals surface area contributed by atoms with Crippen molar-refractivity contribution in [2.45, 2.75) is 18.9 Å². The van der Waals surface area contributed by atoms with E-state index in [0.717, 1.165) is 56.9 Å². The number of hydrogen-bond acceptors (Lipinski definition) is 4. The molecule has 2 aliphatic heterocycles. The Labute approximate surface area is 125 Å². The molecule has 2 heterocycles. The molecule has 5 nitrogen and oxygen atoms in total. The van der Waals surface area contributed by atoms with E-state index in [2.05, 4.69) is 16.8 Å². The van der Waals surface area contributed by atoms with E-state index in [9.17, 15) is 9.90 Å². The minimum absolute atomic E-state index is 0.197. The standard InChI is InChI=1S/C16H22N2O3/c1-17-8-9-21-12(10-17)11-18-7-3-5-13-14(16(19)20)4-2-6-15(13)18/h2,4,6,12H,3,5,7-11H2,1H3,(H,19,20). The third kappa shape index (κ3) is 3.04.